The number of allylic oxidation sites excluding steroid dienone is 2. The van der Waals surface area contributed by atoms with Crippen molar-refractivity contribution in [1.29, 1.82) is 0 Å². The number of carbonyl (C=O) groups excluding carboxylic acids is 1. The van der Waals surface area contributed by atoms with E-state index in [1.165, 1.54) is 5.57 Å². The van der Waals surface area contributed by atoms with Crippen molar-refractivity contribution in [2.45, 2.75) is 65.7 Å². The van der Waals surface area contributed by atoms with Crippen LogP contribution in [0.5, 0.6) is 0 Å². The van der Waals surface area contributed by atoms with Crippen LogP contribution in [0.2, 0.25) is 0 Å². The molecule has 0 radical (unpaired) electrons. The van der Waals surface area contributed by atoms with Crippen LogP contribution >= 0.6 is 0 Å². The number of fused-ring (bicyclic) bond motifs is 5. The highest BCUT2D eigenvalue weighted by Crippen LogP contribution is 2.68. The van der Waals surface area contributed by atoms with Gasteiger partial charge in [-0.1, -0.05) is 26.3 Å². The van der Waals surface area contributed by atoms with Crippen LogP contribution < -0.4 is 0 Å². The van der Waals surface area contributed by atoms with Crippen LogP contribution in [0.15, 0.2) is 23.0 Å². The lowest BCUT2D eigenvalue weighted by Crippen LogP contribution is -2.52. The average molecular weight is 346 g/mol. The SMILES string of the molecule is C[C@@H]1CC2=CC(=O)CC[C@]2(C)[C@H]2CC[C@]3(C)C(=C(F)CO)CC[C@H]3[C@H]12. The maximum atomic E-state index is 14.3. The molecule has 25 heavy (non-hydrogen) atoms. The van der Waals surface area contributed by atoms with Crippen LogP contribution in [0.4, 0.5) is 4.39 Å². The summed E-state index contributed by atoms with van der Waals surface area (Å²) in [5, 5.41) is 9.33. The lowest BCUT2D eigenvalue weighted by atomic mass is 9.45. The van der Waals surface area contributed by atoms with Gasteiger partial charge in [-0.3, -0.25) is 4.79 Å². The predicted molar refractivity (Wildman–Crippen MR) is 96.5 cm³/mol. The second kappa shape index (κ2) is 5.77. The molecule has 4 aliphatic rings. The van der Waals surface area contributed by atoms with Crippen LogP contribution in [-0.2, 0) is 4.79 Å². The lowest BCUT2D eigenvalue weighted by molar-refractivity contribution is -0.117. The summed E-state index contributed by atoms with van der Waals surface area (Å²) in [6, 6.07) is 0. The van der Waals surface area contributed by atoms with E-state index in [1.807, 2.05) is 6.08 Å². The van der Waals surface area contributed by atoms with Crippen molar-refractivity contribution in [3.05, 3.63) is 23.0 Å². The zero-order valence-corrected chi connectivity index (χ0v) is 15.8. The first-order valence-corrected chi connectivity index (χ1v) is 10.0. The Balaban J connectivity index is 1.73. The molecule has 0 bridgehead atoms. The molecule has 0 aromatic carbocycles. The third kappa shape index (κ3) is 2.34. The van der Waals surface area contributed by atoms with Crippen molar-refractivity contribution in [3.63, 3.8) is 0 Å². The van der Waals surface area contributed by atoms with Crippen molar-refractivity contribution < 1.29 is 14.3 Å². The summed E-state index contributed by atoms with van der Waals surface area (Å²) in [5.41, 5.74) is 2.37. The molecule has 0 spiro atoms. The zero-order chi connectivity index (χ0) is 18.0. The van der Waals surface area contributed by atoms with Crippen LogP contribution in [-0.4, -0.2) is 17.5 Å². The monoisotopic (exact) mass is 346 g/mol. The van der Waals surface area contributed by atoms with E-state index in [9.17, 15) is 14.3 Å². The van der Waals surface area contributed by atoms with Gasteiger partial charge in [0.1, 0.15) is 5.83 Å². The van der Waals surface area contributed by atoms with E-state index < -0.39 is 6.61 Å². The summed E-state index contributed by atoms with van der Waals surface area (Å²) in [5.74, 6) is 2.32. The van der Waals surface area contributed by atoms with Crippen molar-refractivity contribution in [3.8, 4) is 0 Å². The Kier molecular flexibility index (Phi) is 4.03. The molecule has 4 rings (SSSR count). The van der Waals surface area contributed by atoms with Gasteiger partial charge in [-0.15, -0.1) is 0 Å². The smallest absolute Gasteiger partial charge is 0.155 e. The summed E-state index contributed by atoms with van der Waals surface area (Å²) < 4.78 is 14.3. The van der Waals surface area contributed by atoms with Gasteiger partial charge in [-0.25, -0.2) is 4.39 Å². The highest BCUT2D eigenvalue weighted by atomic mass is 19.1. The third-order valence-corrected chi connectivity index (χ3v) is 8.56. The second-order valence-electron chi connectivity index (χ2n) is 9.56. The molecule has 0 aliphatic heterocycles. The van der Waals surface area contributed by atoms with Crippen LogP contribution in [0.1, 0.15) is 65.7 Å². The first kappa shape index (κ1) is 17.5. The number of aliphatic hydroxyl groups is 1. The van der Waals surface area contributed by atoms with E-state index >= 15 is 0 Å². The van der Waals surface area contributed by atoms with Crippen molar-refractivity contribution in [2.24, 2.45) is 34.5 Å². The zero-order valence-electron chi connectivity index (χ0n) is 15.8. The third-order valence-electron chi connectivity index (χ3n) is 8.56. The van der Waals surface area contributed by atoms with Gasteiger partial charge in [0.25, 0.3) is 0 Å². The molecule has 0 saturated heterocycles. The van der Waals surface area contributed by atoms with E-state index in [4.69, 9.17) is 0 Å². The van der Waals surface area contributed by atoms with E-state index in [1.54, 1.807) is 0 Å². The van der Waals surface area contributed by atoms with Crippen molar-refractivity contribution in [1.82, 2.24) is 0 Å². The van der Waals surface area contributed by atoms with Crippen LogP contribution in [0.3, 0.4) is 0 Å². The van der Waals surface area contributed by atoms with Gasteiger partial charge < -0.3 is 5.11 Å². The fourth-order valence-corrected chi connectivity index (χ4v) is 7.26. The molecule has 6 atom stereocenters. The number of rotatable bonds is 1. The number of halogens is 1. The molecule has 0 aromatic rings. The Labute approximate surface area is 150 Å². The van der Waals surface area contributed by atoms with Gasteiger partial charge in [0.05, 0.1) is 6.61 Å². The molecule has 4 aliphatic carbocycles. The maximum Gasteiger partial charge on any atom is 0.155 e. The van der Waals surface area contributed by atoms with E-state index in [2.05, 4.69) is 20.8 Å². The molecule has 0 aromatic heterocycles. The Bertz CT molecular complexity index is 663. The number of ketones is 1. The molecule has 2 nitrogen and oxygen atoms in total. The topological polar surface area (TPSA) is 37.3 Å². The first-order chi connectivity index (χ1) is 11.8. The lowest BCUT2D eigenvalue weighted by Gasteiger charge is -2.59. The summed E-state index contributed by atoms with van der Waals surface area (Å²) in [4.78, 5) is 12.0. The predicted octanol–water partition coefficient (Wildman–Crippen LogP) is 4.98. The van der Waals surface area contributed by atoms with Crippen molar-refractivity contribution >= 4 is 5.78 Å². The summed E-state index contributed by atoms with van der Waals surface area (Å²) in [6.07, 6.45) is 8.65. The Morgan fingerprint density at radius 3 is 2.64 bits per heavy atom. The molecule has 1 N–H and O–H groups in total. The van der Waals surface area contributed by atoms with Gasteiger partial charge in [-0.2, -0.15) is 0 Å². The Morgan fingerprint density at radius 2 is 1.92 bits per heavy atom. The molecular weight excluding hydrogens is 315 g/mol. The fraction of sp³-hybridized carbons (Fsp3) is 0.773. The molecular formula is C22H31FO2. The van der Waals surface area contributed by atoms with Gasteiger partial charge in [0.2, 0.25) is 0 Å². The van der Waals surface area contributed by atoms with E-state index in [-0.39, 0.29) is 16.7 Å². The summed E-state index contributed by atoms with van der Waals surface area (Å²) >= 11 is 0. The van der Waals surface area contributed by atoms with Gasteiger partial charge in [0, 0.05) is 6.42 Å². The fourth-order valence-electron chi connectivity index (χ4n) is 7.26. The number of aliphatic hydroxyl groups excluding tert-OH is 1. The van der Waals surface area contributed by atoms with Gasteiger partial charge in [-0.05, 0) is 84.7 Å². The Morgan fingerprint density at radius 1 is 1.20 bits per heavy atom. The average Bonchev–Trinajstić information content (AvgIpc) is 2.93. The summed E-state index contributed by atoms with van der Waals surface area (Å²) in [7, 11) is 0. The van der Waals surface area contributed by atoms with Crippen LogP contribution in [0, 0.1) is 34.5 Å². The second-order valence-corrected chi connectivity index (χ2v) is 9.56. The molecule has 3 heteroatoms. The normalized spacial score (nSPS) is 48.4. The van der Waals surface area contributed by atoms with E-state index in [0.29, 0.717) is 35.9 Å². The standard InChI is InChI=1S/C22H31FO2/c1-13-10-14-11-15(25)6-8-21(14,2)18-7-9-22(3)16(19(23)12-24)4-5-17(22)20(13)18/h11,13,17-18,20,24H,4-10,12H2,1-3H3/t13-,17+,18+,20+,21+,22-/m1/s1. The Hall–Kier alpha value is -0.960. The molecule has 138 valence electrons. The minimum absolute atomic E-state index is 0.0791. The molecule has 3 fully saturated rings. The molecule has 3 saturated carbocycles. The summed E-state index contributed by atoms with van der Waals surface area (Å²) in [6.45, 7) is 6.52. The number of carbonyl (C=O) groups is 1. The van der Waals surface area contributed by atoms with Crippen LogP contribution in [0.25, 0.3) is 0 Å². The van der Waals surface area contributed by atoms with Crippen molar-refractivity contribution in [2.75, 3.05) is 6.61 Å². The van der Waals surface area contributed by atoms with Gasteiger partial charge >= 0.3 is 0 Å². The first-order valence-electron chi connectivity index (χ1n) is 10.0. The number of hydrogen-bond donors (Lipinski definition) is 1. The highest BCUT2D eigenvalue weighted by Gasteiger charge is 2.59. The van der Waals surface area contributed by atoms with Gasteiger partial charge in [0.15, 0.2) is 5.78 Å². The minimum Gasteiger partial charge on any atom is -0.389 e. The molecule has 0 heterocycles. The molecule has 0 amide bonds. The molecule has 0 unspecified atom stereocenters. The quantitative estimate of drug-likeness (QED) is 0.727. The minimum atomic E-state index is -0.450. The largest absolute Gasteiger partial charge is 0.389 e. The van der Waals surface area contributed by atoms with E-state index in [0.717, 1.165) is 44.1 Å². The maximum absolute atomic E-state index is 14.3. The highest BCUT2D eigenvalue weighted by molar-refractivity contribution is 5.91. The number of hydrogen-bond acceptors (Lipinski definition) is 2.